The molecule has 0 saturated heterocycles. The number of carboxylic acid groups (broad SMARTS) is 1. The van der Waals surface area contributed by atoms with Crippen molar-refractivity contribution < 1.29 is 19.4 Å². The maximum Gasteiger partial charge on any atom is 0.307 e. The quantitative estimate of drug-likeness (QED) is 0.376. The van der Waals surface area contributed by atoms with E-state index in [1.807, 2.05) is 19.9 Å². The first-order valence-corrected chi connectivity index (χ1v) is 7.44. The molecule has 0 amide bonds. The van der Waals surface area contributed by atoms with Gasteiger partial charge in [0.2, 0.25) is 0 Å². The predicted molar refractivity (Wildman–Crippen MR) is 111 cm³/mol. The molecular weight excluding hydrogens is 316 g/mol. The van der Waals surface area contributed by atoms with Crippen molar-refractivity contribution in [3.05, 3.63) is 23.3 Å². The molecule has 0 fully saturated rings. The topological polar surface area (TPSA) is 63.6 Å². The third-order valence-electron chi connectivity index (χ3n) is 3.70. The lowest BCUT2D eigenvalue weighted by molar-refractivity contribution is -0.151. The van der Waals surface area contributed by atoms with Crippen LogP contribution in [-0.4, -0.2) is 24.2 Å². The zero-order valence-corrected chi connectivity index (χ0v) is 13.8. The van der Waals surface area contributed by atoms with E-state index in [9.17, 15) is 14.7 Å². The number of carbonyl (C=O) groups is 2. The van der Waals surface area contributed by atoms with Crippen LogP contribution in [0.4, 0.5) is 0 Å². The molecule has 2 unspecified atom stereocenters. The minimum absolute atomic E-state index is 0. The maximum absolute atomic E-state index is 11.3. The van der Waals surface area contributed by atoms with Crippen LogP contribution in [0, 0.1) is 11.8 Å². The largest absolute Gasteiger partial charge is 0.481 e. The first-order valence-electron chi connectivity index (χ1n) is 7.44. The van der Waals surface area contributed by atoms with Gasteiger partial charge in [-0.2, -0.15) is 0 Å². The van der Waals surface area contributed by atoms with Crippen LogP contribution in [0.2, 0.25) is 0 Å². The van der Waals surface area contributed by atoms with Gasteiger partial charge in [0, 0.05) is 0 Å². The highest BCUT2D eigenvalue weighted by molar-refractivity contribution is 5.79. The molecule has 0 saturated carbocycles. The van der Waals surface area contributed by atoms with Crippen LogP contribution >= 0.6 is 0 Å². The van der Waals surface area contributed by atoms with Crippen LogP contribution in [0.1, 0.15) is 83.1 Å². The van der Waals surface area contributed by atoms with Gasteiger partial charge >= 0.3 is 11.9 Å². The lowest BCUT2D eigenvalue weighted by Crippen LogP contribution is -2.24. The van der Waals surface area contributed by atoms with Gasteiger partial charge in [-0.05, 0) is 39.0 Å². The second-order valence-electron chi connectivity index (χ2n) is 5.54. The smallest absolute Gasteiger partial charge is 0.307 e. The van der Waals surface area contributed by atoms with Crippen LogP contribution < -0.4 is 0 Å². The Balaban J connectivity index is -0.000000333. The summed E-state index contributed by atoms with van der Waals surface area (Å²) in [6.07, 6.45) is 7.00. The van der Waals surface area contributed by atoms with Gasteiger partial charge < -0.3 is 9.84 Å². The highest BCUT2D eigenvalue weighted by atomic mass is 16.5. The van der Waals surface area contributed by atoms with Crippen LogP contribution in [0.25, 0.3) is 0 Å². The number of carboxylic acids is 1. The standard InChI is InChI=1S/C17H28O4.4CH4/c1-6-12(2)8-7-9-13(3)10-14(4)15(17(19)20)11-16(18)21-5;;;;/h8,10,14-15H,6-7,9,11H2,1-5H3,(H,19,20);4*1H4/b12-8+,13-10+;;;;. The number of aliphatic carboxylic acids is 1. The number of rotatable bonds is 9. The molecular formula is C21H44O4. The predicted octanol–water partition coefficient (Wildman–Crippen LogP) is 6.51. The fraction of sp³-hybridized carbons (Fsp3) is 0.714. The third-order valence-corrected chi connectivity index (χ3v) is 3.70. The number of hydrogen-bond acceptors (Lipinski definition) is 3. The molecule has 0 aliphatic heterocycles. The van der Waals surface area contributed by atoms with Crippen molar-refractivity contribution in [3.8, 4) is 0 Å². The highest BCUT2D eigenvalue weighted by Gasteiger charge is 2.26. The Morgan fingerprint density at radius 2 is 1.60 bits per heavy atom. The summed E-state index contributed by atoms with van der Waals surface area (Å²) in [5.41, 5.74) is 2.52. The lowest BCUT2D eigenvalue weighted by Gasteiger charge is -2.17. The maximum atomic E-state index is 11.3. The number of ether oxygens (including phenoxy) is 1. The SMILES string of the molecule is C.C.C.C.CC/C(C)=C/CC/C(C)=C/C(C)C(CC(=O)OC)C(=O)O. The molecule has 0 radical (unpaired) electrons. The van der Waals surface area contributed by atoms with Gasteiger partial charge in [0.15, 0.2) is 0 Å². The van der Waals surface area contributed by atoms with E-state index in [4.69, 9.17) is 0 Å². The molecule has 0 heterocycles. The zero-order valence-electron chi connectivity index (χ0n) is 13.8. The van der Waals surface area contributed by atoms with E-state index >= 15 is 0 Å². The summed E-state index contributed by atoms with van der Waals surface area (Å²) in [7, 11) is 1.27. The molecule has 4 nitrogen and oxygen atoms in total. The molecule has 25 heavy (non-hydrogen) atoms. The Kier molecular flexibility index (Phi) is 26.0. The Hall–Kier alpha value is -1.58. The van der Waals surface area contributed by atoms with Crippen molar-refractivity contribution >= 4 is 11.9 Å². The average Bonchev–Trinajstić information content (AvgIpc) is 2.43. The van der Waals surface area contributed by atoms with Crippen molar-refractivity contribution in [2.24, 2.45) is 11.8 Å². The Bertz CT molecular complexity index is 408. The molecule has 0 bridgehead atoms. The van der Waals surface area contributed by atoms with Crippen LogP contribution in [0.15, 0.2) is 23.3 Å². The second-order valence-corrected chi connectivity index (χ2v) is 5.54. The van der Waals surface area contributed by atoms with E-state index in [-0.39, 0.29) is 42.0 Å². The molecule has 4 heteroatoms. The fourth-order valence-electron chi connectivity index (χ4n) is 2.10. The molecule has 2 atom stereocenters. The summed E-state index contributed by atoms with van der Waals surface area (Å²) >= 11 is 0. The normalized spacial score (nSPS) is 13.0. The monoisotopic (exact) mass is 360 g/mol. The van der Waals surface area contributed by atoms with E-state index in [0.717, 1.165) is 24.8 Å². The summed E-state index contributed by atoms with van der Waals surface area (Å²) < 4.78 is 4.56. The summed E-state index contributed by atoms with van der Waals surface area (Å²) in [6, 6.07) is 0. The van der Waals surface area contributed by atoms with Gasteiger partial charge in [-0.15, -0.1) is 0 Å². The van der Waals surface area contributed by atoms with Crippen molar-refractivity contribution in [3.63, 3.8) is 0 Å². The van der Waals surface area contributed by atoms with Crippen molar-refractivity contribution in [2.45, 2.75) is 83.1 Å². The van der Waals surface area contributed by atoms with Crippen molar-refractivity contribution in [2.75, 3.05) is 7.11 Å². The molecule has 0 aromatic heterocycles. The Labute approximate surface area is 157 Å². The Morgan fingerprint density at radius 3 is 2.00 bits per heavy atom. The van der Waals surface area contributed by atoms with Gasteiger partial charge in [-0.3, -0.25) is 9.59 Å². The molecule has 0 aliphatic rings. The van der Waals surface area contributed by atoms with Gasteiger partial charge in [0.25, 0.3) is 0 Å². The fourth-order valence-corrected chi connectivity index (χ4v) is 2.10. The summed E-state index contributed by atoms with van der Waals surface area (Å²) in [5.74, 6) is -2.38. The number of methoxy groups -OCH3 is 1. The van der Waals surface area contributed by atoms with E-state index in [1.165, 1.54) is 12.7 Å². The summed E-state index contributed by atoms with van der Waals surface area (Å²) in [6.45, 7) is 8.07. The van der Waals surface area contributed by atoms with Crippen LogP contribution in [0.5, 0.6) is 0 Å². The molecule has 0 rings (SSSR count). The third kappa shape index (κ3) is 15.7. The molecule has 0 aromatic carbocycles. The van der Waals surface area contributed by atoms with E-state index in [2.05, 4.69) is 24.7 Å². The second kappa shape index (κ2) is 18.8. The summed E-state index contributed by atoms with van der Waals surface area (Å²) in [4.78, 5) is 22.6. The first kappa shape index (κ1) is 34.7. The Morgan fingerprint density at radius 1 is 1.08 bits per heavy atom. The van der Waals surface area contributed by atoms with Gasteiger partial charge in [-0.25, -0.2) is 0 Å². The highest BCUT2D eigenvalue weighted by Crippen LogP contribution is 2.21. The summed E-state index contributed by atoms with van der Waals surface area (Å²) in [5, 5.41) is 9.24. The average molecular weight is 361 g/mol. The number of carbonyl (C=O) groups excluding carboxylic acids is 1. The zero-order chi connectivity index (χ0) is 16.4. The molecule has 0 spiro atoms. The minimum atomic E-state index is -0.960. The van der Waals surface area contributed by atoms with Gasteiger partial charge in [0.05, 0.1) is 19.4 Å². The van der Waals surface area contributed by atoms with Crippen molar-refractivity contribution in [1.82, 2.24) is 0 Å². The number of esters is 1. The first-order chi connectivity index (χ1) is 9.81. The molecule has 0 aliphatic carbocycles. The molecule has 0 aromatic rings. The molecule has 152 valence electrons. The van der Waals surface area contributed by atoms with E-state index in [0.29, 0.717) is 0 Å². The lowest BCUT2D eigenvalue weighted by atomic mass is 9.89. The number of allylic oxidation sites excluding steroid dienone is 4. The minimum Gasteiger partial charge on any atom is -0.481 e. The van der Waals surface area contributed by atoms with E-state index < -0.39 is 17.9 Å². The van der Waals surface area contributed by atoms with Gasteiger partial charge in [0.1, 0.15) is 0 Å². The van der Waals surface area contributed by atoms with Crippen molar-refractivity contribution in [1.29, 1.82) is 0 Å². The van der Waals surface area contributed by atoms with Gasteiger partial charge in [-0.1, -0.05) is 66.9 Å². The number of hydrogen-bond donors (Lipinski definition) is 1. The van der Waals surface area contributed by atoms with Crippen LogP contribution in [0.3, 0.4) is 0 Å². The van der Waals surface area contributed by atoms with E-state index in [1.54, 1.807) is 0 Å². The van der Waals surface area contributed by atoms with Crippen LogP contribution in [-0.2, 0) is 14.3 Å². The molecule has 1 N–H and O–H groups in total.